The fourth-order valence-corrected chi connectivity index (χ4v) is 2.92. The second kappa shape index (κ2) is 4.47. The van der Waals surface area contributed by atoms with Gasteiger partial charge in [-0.15, -0.1) is 15.2 Å². The van der Waals surface area contributed by atoms with Gasteiger partial charge in [0.1, 0.15) is 0 Å². The smallest absolute Gasteiger partial charge is 0.241 e. The molecule has 0 atom stereocenters. The van der Waals surface area contributed by atoms with Gasteiger partial charge in [0, 0.05) is 6.42 Å². The number of fused-ring (bicyclic) bond motifs is 1. The SMILES string of the molecule is O=S(=O)(F)CCCc1nc2ccccc2s1. The third kappa shape index (κ3) is 2.99. The Balaban J connectivity index is 2.05. The van der Waals surface area contributed by atoms with Gasteiger partial charge in [0.2, 0.25) is 0 Å². The highest BCUT2D eigenvalue weighted by molar-refractivity contribution is 7.86. The van der Waals surface area contributed by atoms with E-state index in [0.29, 0.717) is 6.42 Å². The number of hydrogen-bond donors (Lipinski definition) is 0. The van der Waals surface area contributed by atoms with Crippen molar-refractivity contribution in [3.05, 3.63) is 29.3 Å². The van der Waals surface area contributed by atoms with E-state index in [1.165, 1.54) is 11.3 Å². The Morgan fingerprint density at radius 2 is 2.06 bits per heavy atom. The zero-order valence-corrected chi connectivity index (χ0v) is 10.0. The second-order valence-corrected chi connectivity index (χ2v) is 6.02. The van der Waals surface area contributed by atoms with Gasteiger partial charge in [-0.25, -0.2) is 4.98 Å². The van der Waals surface area contributed by atoms with Gasteiger partial charge in [0.05, 0.1) is 21.0 Å². The van der Waals surface area contributed by atoms with Crippen molar-refractivity contribution in [2.75, 3.05) is 5.75 Å². The molecule has 0 aliphatic heterocycles. The standard InChI is InChI=1S/C10H10FNO2S2/c11-16(13,14)7-3-6-10-12-8-4-1-2-5-9(8)15-10/h1-2,4-5H,3,6-7H2. The zero-order chi connectivity index (χ0) is 11.6. The lowest BCUT2D eigenvalue weighted by Gasteiger charge is -1.92. The van der Waals surface area contributed by atoms with Crippen molar-refractivity contribution in [2.45, 2.75) is 12.8 Å². The van der Waals surface area contributed by atoms with Crippen LogP contribution in [0.4, 0.5) is 3.89 Å². The third-order valence-electron chi connectivity index (χ3n) is 2.12. The summed E-state index contributed by atoms with van der Waals surface area (Å²) >= 11 is 1.52. The number of aromatic nitrogens is 1. The molecule has 0 unspecified atom stereocenters. The van der Waals surface area contributed by atoms with Gasteiger partial charge in [-0.2, -0.15) is 8.42 Å². The van der Waals surface area contributed by atoms with Gasteiger partial charge < -0.3 is 0 Å². The molecule has 2 aromatic rings. The number of hydrogen-bond acceptors (Lipinski definition) is 4. The topological polar surface area (TPSA) is 47.0 Å². The van der Waals surface area contributed by atoms with Crippen LogP contribution in [-0.4, -0.2) is 19.2 Å². The maximum atomic E-state index is 12.3. The summed E-state index contributed by atoms with van der Waals surface area (Å²) in [6.07, 6.45) is 0.779. The van der Waals surface area contributed by atoms with Crippen LogP contribution in [-0.2, 0) is 16.6 Å². The first-order chi connectivity index (χ1) is 7.54. The average Bonchev–Trinajstić information content (AvgIpc) is 2.57. The van der Waals surface area contributed by atoms with Gasteiger partial charge in [-0.3, -0.25) is 0 Å². The molecule has 2 rings (SSSR count). The number of aryl methyl sites for hydroxylation is 1. The summed E-state index contributed by atoms with van der Waals surface area (Å²) in [5, 5.41) is 0.852. The molecule has 0 aliphatic carbocycles. The van der Waals surface area contributed by atoms with Crippen molar-refractivity contribution in [1.82, 2.24) is 4.98 Å². The highest BCUT2D eigenvalue weighted by Gasteiger charge is 2.08. The Bertz CT molecular complexity index is 559. The van der Waals surface area contributed by atoms with Crippen molar-refractivity contribution in [2.24, 2.45) is 0 Å². The fourth-order valence-electron chi connectivity index (χ4n) is 1.42. The zero-order valence-electron chi connectivity index (χ0n) is 8.39. The number of benzene rings is 1. The first-order valence-electron chi connectivity index (χ1n) is 4.81. The van der Waals surface area contributed by atoms with E-state index in [-0.39, 0.29) is 6.42 Å². The number of halogens is 1. The number of para-hydroxylation sites is 1. The molecular formula is C10H10FNO2S2. The quantitative estimate of drug-likeness (QED) is 0.793. The maximum absolute atomic E-state index is 12.3. The largest absolute Gasteiger partial charge is 0.302 e. The molecular weight excluding hydrogens is 249 g/mol. The Kier molecular flexibility index (Phi) is 3.20. The van der Waals surface area contributed by atoms with E-state index < -0.39 is 16.0 Å². The Morgan fingerprint density at radius 1 is 1.31 bits per heavy atom. The molecule has 0 radical (unpaired) electrons. The lowest BCUT2D eigenvalue weighted by Crippen LogP contribution is -1.99. The van der Waals surface area contributed by atoms with E-state index in [0.717, 1.165) is 15.2 Å². The summed E-state index contributed by atoms with van der Waals surface area (Å²) < 4.78 is 33.9. The molecule has 1 heterocycles. The summed E-state index contributed by atoms with van der Waals surface area (Å²) in [6.45, 7) is 0. The molecule has 0 spiro atoms. The molecule has 0 fully saturated rings. The van der Waals surface area contributed by atoms with E-state index in [2.05, 4.69) is 4.98 Å². The minimum atomic E-state index is -4.35. The Labute approximate surface area is 97.2 Å². The summed E-state index contributed by atoms with van der Waals surface area (Å²) in [7, 11) is -4.35. The maximum Gasteiger partial charge on any atom is 0.302 e. The van der Waals surface area contributed by atoms with Crippen LogP contribution in [0.3, 0.4) is 0 Å². The summed E-state index contributed by atoms with van der Waals surface area (Å²) in [4.78, 5) is 4.33. The minimum Gasteiger partial charge on any atom is -0.241 e. The van der Waals surface area contributed by atoms with Crippen LogP contribution in [0.2, 0.25) is 0 Å². The van der Waals surface area contributed by atoms with Crippen molar-refractivity contribution < 1.29 is 12.3 Å². The molecule has 0 saturated heterocycles. The van der Waals surface area contributed by atoms with Gasteiger partial charge >= 0.3 is 10.2 Å². The van der Waals surface area contributed by atoms with E-state index in [1.807, 2.05) is 24.3 Å². The highest BCUT2D eigenvalue weighted by Crippen LogP contribution is 2.22. The van der Waals surface area contributed by atoms with Gasteiger partial charge in [-0.1, -0.05) is 12.1 Å². The lowest BCUT2D eigenvalue weighted by atomic mass is 10.3. The molecule has 0 amide bonds. The van der Waals surface area contributed by atoms with Crippen LogP contribution < -0.4 is 0 Å². The molecule has 16 heavy (non-hydrogen) atoms. The van der Waals surface area contributed by atoms with Crippen molar-refractivity contribution in [1.29, 1.82) is 0 Å². The van der Waals surface area contributed by atoms with Crippen LogP contribution in [0.1, 0.15) is 11.4 Å². The molecule has 0 bridgehead atoms. The summed E-state index contributed by atoms with van der Waals surface area (Å²) in [5.74, 6) is -0.428. The molecule has 1 aromatic heterocycles. The normalized spacial score (nSPS) is 12.1. The number of nitrogens with zero attached hydrogens (tertiary/aromatic N) is 1. The highest BCUT2D eigenvalue weighted by atomic mass is 32.3. The summed E-state index contributed by atoms with van der Waals surface area (Å²) in [6, 6.07) is 7.69. The third-order valence-corrected chi connectivity index (χ3v) is 3.99. The van der Waals surface area contributed by atoms with Gasteiger partial charge in [-0.05, 0) is 18.6 Å². The van der Waals surface area contributed by atoms with Gasteiger partial charge in [0.25, 0.3) is 0 Å². The predicted molar refractivity (Wildman–Crippen MR) is 62.8 cm³/mol. The van der Waals surface area contributed by atoms with Gasteiger partial charge in [0.15, 0.2) is 0 Å². The Morgan fingerprint density at radius 3 is 2.75 bits per heavy atom. The van der Waals surface area contributed by atoms with Crippen molar-refractivity contribution in [3.63, 3.8) is 0 Å². The second-order valence-electron chi connectivity index (χ2n) is 3.42. The average molecular weight is 259 g/mol. The van der Waals surface area contributed by atoms with E-state index in [4.69, 9.17) is 0 Å². The fraction of sp³-hybridized carbons (Fsp3) is 0.300. The molecule has 1 aromatic carbocycles. The molecule has 6 heteroatoms. The summed E-state index contributed by atoms with van der Waals surface area (Å²) in [5.41, 5.74) is 0.908. The number of thiazole rings is 1. The van der Waals surface area contributed by atoms with Crippen LogP contribution in [0.15, 0.2) is 24.3 Å². The monoisotopic (exact) mass is 259 g/mol. The molecule has 0 N–H and O–H groups in total. The van der Waals surface area contributed by atoms with Crippen LogP contribution in [0.25, 0.3) is 10.2 Å². The molecule has 0 aliphatic rings. The predicted octanol–water partition coefficient (Wildman–Crippen LogP) is 2.53. The first-order valence-corrected chi connectivity index (χ1v) is 7.18. The van der Waals surface area contributed by atoms with E-state index in [1.54, 1.807) is 0 Å². The van der Waals surface area contributed by atoms with Crippen molar-refractivity contribution >= 4 is 31.8 Å². The van der Waals surface area contributed by atoms with Crippen LogP contribution >= 0.6 is 11.3 Å². The van der Waals surface area contributed by atoms with Crippen LogP contribution in [0, 0.1) is 0 Å². The minimum absolute atomic E-state index is 0.276. The number of rotatable bonds is 4. The van der Waals surface area contributed by atoms with E-state index >= 15 is 0 Å². The Hall–Kier alpha value is -1.01. The van der Waals surface area contributed by atoms with Crippen LogP contribution in [0.5, 0.6) is 0 Å². The first kappa shape index (κ1) is 11.5. The lowest BCUT2D eigenvalue weighted by molar-refractivity contribution is 0.549. The molecule has 86 valence electrons. The van der Waals surface area contributed by atoms with Crippen molar-refractivity contribution in [3.8, 4) is 0 Å². The molecule has 3 nitrogen and oxygen atoms in total. The molecule has 0 saturated carbocycles. The van der Waals surface area contributed by atoms with E-state index in [9.17, 15) is 12.3 Å².